The van der Waals surface area contributed by atoms with Gasteiger partial charge < -0.3 is 36.2 Å². The number of carboxylic acid groups (broad SMARTS) is 2. The first kappa shape index (κ1) is 67.0. The average molecular weight is 1160 g/mol. The predicted molar refractivity (Wildman–Crippen MR) is 335 cm³/mol. The number of ketones is 4. The molecule has 86 heavy (non-hydrogen) atoms. The predicted octanol–water partition coefficient (Wildman–Crippen LogP) is 10.3. The van der Waals surface area contributed by atoms with Crippen LogP contribution in [0.3, 0.4) is 0 Å². The number of H-pyrrole nitrogens is 3. The van der Waals surface area contributed by atoms with Gasteiger partial charge in [0.05, 0.1) is 16.0 Å². The van der Waals surface area contributed by atoms with Crippen LogP contribution in [0.2, 0.25) is 0 Å². The quantitative estimate of drug-likeness (QED) is 0.0230. The number of anilines is 2. The number of non-ortho nitro benzene ring substituents is 1. The third-order valence-corrected chi connectivity index (χ3v) is 11.4. The normalized spacial score (nSPS) is 10.4. The van der Waals surface area contributed by atoms with Crippen LogP contribution >= 0.6 is 0 Å². The molecule has 3 heterocycles. The number of pyridine rings is 3. The Morgan fingerprint density at radius 2 is 0.930 bits per heavy atom. The average Bonchev–Trinajstić information content (AvgIpc) is 3.11. The maximum atomic E-state index is 11.6. The van der Waals surface area contributed by atoms with Crippen molar-refractivity contribution >= 4 is 109 Å². The van der Waals surface area contributed by atoms with Gasteiger partial charge in [-0.05, 0) is 144 Å². The molecule has 20 heteroatoms. The third-order valence-electron chi connectivity index (χ3n) is 11.4. The summed E-state index contributed by atoms with van der Waals surface area (Å²) in [4.78, 5) is 127. The van der Waals surface area contributed by atoms with Crippen molar-refractivity contribution in [2.75, 3.05) is 11.1 Å². The van der Waals surface area contributed by atoms with Crippen LogP contribution in [0, 0.1) is 10.1 Å². The van der Waals surface area contributed by atoms with Gasteiger partial charge in [-0.2, -0.15) is 0 Å². The van der Waals surface area contributed by atoms with E-state index in [0.29, 0.717) is 52.4 Å². The van der Waals surface area contributed by atoms with Gasteiger partial charge in [-0.1, -0.05) is 91.0 Å². The van der Waals surface area contributed by atoms with Crippen molar-refractivity contribution in [2.24, 2.45) is 0 Å². The number of nitro groups is 1. The minimum Gasteiger partial charge on any atom is -0.478 e. The number of benzene rings is 6. The lowest BCUT2D eigenvalue weighted by molar-refractivity contribution is -0.384. The third kappa shape index (κ3) is 24.3. The van der Waals surface area contributed by atoms with Crippen LogP contribution in [0.1, 0.15) is 68.0 Å². The molecule has 1 amide bonds. The fourth-order valence-corrected chi connectivity index (χ4v) is 7.86. The summed E-state index contributed by atoms with van der Waals surface area (Å²) in [6.45, 7) is 7.58. The lowest BCUT2D eigenvalue weighted by atomic mass is 10.1. The molecule has 0 fully saturated rings. The molecule has 3 aromatic heterocycles. The van der Waals surface area contributed by atoms with Gasteiger partial charge >= 0.3 is 11.9 Å². The van der Waals surface area contributed by atoms with Crippen molar-refractivity contribution in [1.29, 1.82) is 0 Å². The fraction of sp³-hybridized carbons (Fsp3) is 0.121. The highest BCUT2D eigenvalue weighted by Gasteiger charge is 2.07. The number of nitro benzene ring substituents is 1. The molecule has 0 aliphatic rings. The van der Waals surface area contributed by atoms with E-state index in [1.807, 2.05) is 60.7 Å². The van der Waals surface area contributed by atoms with Crippen LogP contribution in [-0.4, -0.2) is 71.1 Å². The highest BCUT2D eigenvalue weighted by atomic mass is 16.6. The summed E-state index contributed by atoms with van der Waals surface area (Å²) in [5, 5.41) is 34.2. The molecule has 0 spiro atoms. The zero-order chi connectivity index (χ0) is 63.3. The molecule has 0 atom stereocenters. The second kappa shape index (κ2) is 34.0. The Hall–Kier alpha value is -11.5. The fourth-order valence-electron chi connectivity index (χ4n) is 7.86. The Morgan fingerprint density at radius 3 is 1.41 bits per heavy atom. The molecular weight excluding hydrogens is 1100 g/mol. The topological polar surface area (TPSA) is 340 Å². The van der Waals surface area contributed by atoms with E-state index < -0.39 is 16.9 Å². The van der Waals surface area contributed by atoms with Gasteiger partial charge in [-0.25, -0.2) is 9.59 Å². The number of aromatic amines is 3. The van der Waals surface area contributed by atoms with Gasteiger partial charge in [0.15, 0.2) is 5.78 Å². The smallest absolute Gasteiger partial charge is 0.328 e. The molecule has 0 saturated carbocycles. The number of hydrogen-bond donors (Lipinski definition) is 7. The Kier molecular flexibility index (Phi) is 26.5. The van der Waals surface area contributed by atoms with Gasteiger partial charge in [0.1, 0.15) is 17.3 Å². The molecule has 0 radical (unpaired) electrons. The van der Waals surface area contributed by atoms with Crippen molar-refractivity contribution in [1.82, 2.24) is 15.0 Å². The number of carbonyl (C=O) groups is 7. The van der Waals surface area contributed by atoms with Crippen molar-refractivity contribution < 1.29 is 48.7 Å². The number of rotatable bonds is 14. The first-order chi connectivity index (χ1) is 40.9. The number of hydrogen-bond acceptors (Lipinski definition) is 13. The maximum Gasteiger partial charge on any atom is 0.328 e. The summed E-state index contributed by atoms with van der Waals surface area (Å²) in [6, 6.07) is 42.1. The van der Waals surface area contributed by atoms with Gasteiger partial charge in [-0.15, -0.1) is 0 Å². The highest BCUT2D eigenvalue weighted by molar-refractivity contribution is 6.01. The van der Waals surface area contributed by atoms with Crippen LogP contribution in [0.25, 0.3) is 50.5 Å². The molecule has 0 bridgehead atoms. The molecule has 9 aromatic rings. The molecule has 440 valence electrons. The summed E-state index contributed by atoms with van der Waals surface area (Å²) in [7, 11) is 0. The highest BCUT2D eigenvalue weighted by Crippen LogP contribution is 2.20. The largest absolute Gasteiger partial charge is 0.478 e. The van der Waals surface area contributed by atoms with Crippen molar-refractivity contribution in [3.8, 4) is 0 Å². The van der Waals surface area contributed by atoms with Crippen LogP contribution in [0.5, 0.6) is 0 Å². The zero-order valence-corrected chi connectivity index (χ0v) is 47.5. The monoisotopic (exact) mass is 1160 g/mol. The number of aromatic nitrogens is 3. The van der Waals surface area contributed by atoms with E-state index in [0.717, 1.165) is 56.1 Å². The minimum atomic E-state index is -1.09. The van der Waals surface area contributed by atoms with Gasteiger partial charge in [0, 0.05) is 85.5 Å². The Balaban J connectivity index is 0.000000221. The molecule has 0 aliphatic carbocycles. The van der Waals surface area contributed by atoms with E-state index in [1.165, 1.54) is 57.2 Å². The van der Waals surface area contributed by atoms with E-state index in [4.69, 9.17) is 15.9 Å². The molecule has 8 N–H and O–H groups in total. The van der Waals surface area contributed by atoms with Crippen LogP contribution in [0.15, 0.2) is 197 Å². The number of nitrogens with zero attached hydrogens (tertiary/aromatic N) is 1. The first-order valence-electron chi connectivity index (χ1n) is 26.1. The summed E-state index contributed by atoms with van der Waals surface area (Å²) in [5.41, 5.74) is 11.4. The second-order valence-electron chi connectivity index (χ2n) is 18.9. The van der Waals surface area contributed by atoms with Crippen LogP contribution in [-0.2, 0) is 52.8 Å². The SMILES string of the molecule is CC(=O)/C=C/c1cccc(CC(C)=O)c1.CC(=O)Cc1ccc2c(=O)[nH]ccc2c1.CC(=O)Cc1cccc(/C=C/C(=O)O)c1.CC(=O)Nc1cccc2cc[nH]c(=O)c12.Nc1ccc2c(=O)[nH]ccc2c1.O=C(O)/C=C/c1cccc([N+](=O)[O-])c1. The second-order valence-corrected chi connectivity index (χ2v) is 18.9. The van der Waals surface area contributed by atoms with Crippen LogP contribution < -0.4 is 27.7 Å². The van der Waals surface area contributed by atoms with Crippen molar-refractivity contribution in [3.63, 3.8) is 0 Å². The lowest BCUT2D eigenvalue weighted by Crippen LogP contribution is -2.11. The number of fused-ring (bicyclic) bond motifs is 3. The number of carbonyl (C=O) groups excluding carboxylic acids is 5. The number of nitrogens with two attached hydrogens (primary N) is 1. The maximum absolute atomic E-state index is 11.6. The Morgan fingerprint density at radius 1 is 0.500 bits per heavy atom. The van der Waals surface area contributed by atoms with E-state index in [2.05, 4.69) is 20.3 Å². The summed E-state index contributed by atoms with van der Waals surface area (Å²) < 4.78 is 0. The molecule has 0 aliphatic heterocycles. The summed E-state index contributed by atoms with van der Waals surface area (Å²) in [5.74, 6) is -1.88. The number of amides is 1. The number of carboxylic acids is 2. The standard InChI is InChI=1S/C13H14O2.C12H11NO2.C12H12O3.C11H10N2O2.C9H8N2O.C9H7NO4/c1-10(14)6-7-12-4-3-5-13(9-12)8-11(2)15;1-8(14)6-9-2-3-11-10(7-9)4-5-13-12(11)15;1-9(13)7-11-4-2-3-10(8-11)5-6-12(14)15;1-7(14)13-9-4-2-3-8-5-6-12-11(15)10(8)9;10-7-1-2-8-6(5-7)3-4-11-9(8)12;11-9(12)5-4-7-2-1-3-8(6-7)10(13)14/h3-7,9H,8H2,1-2H3;2-5,7H,6H2,1H3,(H,13,15);2-6,8H,7H2,1H3,(H,14,15);2-6H,1H3,(H,12,15)(H,13,14);1-5H,10H2,(H,11,12);1-6H,(H,11,12)/b7-6+;;6-5+;;;5-4+. The number of nitrogen functional groups attached to an aromatic ring is 1. The Bertz CT molecular complexity index is 4120. The number of allylic oxidation sites excluding steroid dienone is 1. The van der Waals surface area contributed by atoms with Gasteiger partial charge in [0.2, 0.25) is 5.91 Å². The number of Topliss-reactive ketones (excluding diaryl/α,β-unsaturated/α-hetero) is 3. The van der Waals surface area contributed by atoms with Crippen molar-refractivity contribution in [3.05, 3.63) is 257 Å². The molecular formula is C66H62N6O14. The van der Waals surface area contributed by atoms with Crippen molar-refractivity contribution in [2.45, 2.75) is 53.9 Å². The van der Waals surface area contributed by atoms with Gasteiger partial charge in [-0.3, -0.25) is 48.5 Å². The summed E-state index contributed by atoms with van der Waals surface area (Å²) >= 11 is 0. The van der Waals surface area contributed by atoms with E-state index >= 15 is 0 Å². The molecule has 20 nitrogen and oxygen atoms in total. The first-order valence-corrected chi connectivity index (χ1v) is 26.1. The van der Waals surface area contributed by atoms with E-state index in [1.54, 1.807) is 105 Å². The zero-order valence-electron chi connectivity index (χ0n) is 47.5. The Labute approximate surface area is 492 Å². The summed E-state index contributed by atoms with van der Waals surface area (Å²) in [6.07, 6.45) is 14.2. The number of aliphatic carboxylic acids is 2. The number of nitrogens with one attached hydrogen (secondary N) is 4. The van der Waals surface area contributed by atoms with E-state index in [9.17, 15) is 58.1 Å². The minimum absolute atomic E-state index is 0.0203. The lowest BCUT2D eigenvalue weighted by Gasteiger charge is -2.05. The van der Waals surface area contributed by atoms with Crippen LogP contribution in [0.4, 0.5) is 17.1 Å². The van der Waals surface area contributed by atoms with Gasteiger partial charge in [0.25, 0.3) is 22.4 Å². The molecule has 6 aromatic carbocycles. The van der Waals surface area contributed by atoms with E-state index in [-0.39, 0.29) is 51.4 Å². The molecule has 9 rings (SSSR count). The molecule has 0 unspecified atom stereocenters. The molecule has 0 saturated heterocycles.